The molecule has 2 heterocycles. The molecule has 3 rings (SSSR count). The van der Waals surface area contributed by atoms with Gasteiger partial charge in [-0.25, -0.2) is 4.98 Å². The maximum absolute atomic E-state index is 6.03. The molecule has 0 spiro atoms. The van der Waals surface area contributed by atoms with Crippen LogP contribution in [0.2, 0.25) is 4.34 Å². The van der Waals surface area contributed by atoms with E-state index in [2.05, 4.69) is 50.5 Å². The van der Waals surface area contributed by atoms with Crippen molar-refractivity contribution >= 4 is 55.9 Å². The molecule has 0 aliphatic rings. The van der Waals surface area contributed by atoms with Crippen LogP contribution in [0.4, 0.5) is 5.69 Å². The van der Waals surface area contributed by atoms with Gasteiger partial charge in [0.15, 0.2) is 0 Å². The number of aromatic nitrogens is 1. The first-order valence-electron chi connectivity index (χ1n) is 5.90. The molecule has 0 radical (unpaired) electrons. The van der Waals surface area contributed by atoms with Crippen LogP contribution in [0.3, 0.4) is 0 Å². The molecule has 102 valence electrons. The van der Waals surface area contributed by atoms with E-state index < -0.39 is 0 Å². The second-order valence-corrected chi connectivity index (χ2v) is 7.59. The topological polar surface area (TPSA) is 24.9 Å². The van der Waals surface area contributed by atoms with Crippen LogP contribution in [-0.4, -0.2) is 4.98 Å². The van der Waals surface area contributed by atoms with Gasteiger partial charge in [0, 0.05) is 38.7 Å². The van der Waals surface area contributed by atoms with Crippen molar-refractivity contribution in [1.82, 2.24) is 4.98 Å². The standard InChI is InChI=1S/C14H10BrClN2S2/c15-12-7-11(20-13(12)16)8-18-10-3-1-9(2-4-10)14-17-5-6-19-14/h1-7,18H,8H2. The number of anilines is 1. The molecule has 0 saturated heterocycles. The van der Waals surface area contributed by atoms with Crippen molar-refractivity contribution in [2.75, 3.05) is 5.32 Å². The number of nitrogens with one attached hydrogen (secondary N) is 1. The first-order valence-corrected chi connectivity index (χ1v) is 8.76. The Kier molecular flexibility index (Phi) is 4.41. The molecular formula is C14H10BrClN2S2. The van der Waals surface area contributed by atoms with E-state index in [1.807, 2.05) is 17.6 Å². The second-order valence-electron chi connectivity index (χ2n) is 4.10. The van der Waals surface area contributed by atoms with Gasteiger partial charge in [-0.3, -0.25) is 0 Å². The number of halogens is 2. The lowest BCUT2D eigenvalue weighted by Crippen LogP contribution is -1.96. The molecule has 0 atom stereocenters. The van der Waals surface area contributed by atoms with E-state index in [1.165, 1.54) is 4.88 Å². The van der Waals surface area contributed by atoms with E-state index in [4.69, 9.17) is 11.6 Å². The molecule has 0 amide bonds. The first-order chi connectivity index (χ1) is 9.72. The van der Waals surface area contributed by atoms with Gasteiger partial charge in [-0.15, -0.1) is 22.7 Å². The summed E-state index contributed by atoms with van der Waals surface area (Å²) in [7, 11) is 0. The number of hydrogen-bond acceptors (Lipinski definition) is 4. The summed E-state index contributed by atoms with van der Waals surface area (Å²) in [6.07, 6.45) is 1.82. The Labute approximate surface area is 138 Å². The molecule has 3 aromatic rings. The molecule has 0 unspecified atom stereocenters. The molecule has 0 saturated carbocycles. The Balaban J connectivity index is 1.66. The molecule has 0 aliphatic carbocycles. The van der Waals surface area contributed by atoms with E-state index in [-0.39, 0.29) is 0 Å². The van der Waals surface area contributed by atoms with Crippen molar-refractivity contribution < 1.29 is 0 Å². The third-order valence-corrected chi connectivity index (χ3v) is 6.02. The van der Waals surface area contributed by atoms with Crippen LogP contribution in [0.15, 0.2) is 46.4 Å². The maximum atomic E-state index is 6.03. The van der Waals surface area contributed by atoms with E-state index in [9.17, 15) is 0 Å². The lowest BCUT2D eigenvalue weighted by atomic mass is 10.2. The van der Waals surface area contributed by atoms with Crippen LogP contribution < -0.4 is 5.32 Å². The van der Waals surface area contributed by atoms with Crippen molar-refractivity contribution in [2.45, 2.75) is 6.54 Å². The normalized spacial score (nSPS) is 10.7. The number of rotatable bonds is 4. The zero-order chi connectivity index (χ0) is 13.9. The third-order valence-electron chi connectivity index (χ3n) is 2.73. The van der Waals surface area contributed by atoms with Gasteiger partial charge in [-0.05, 0) is 46.3 Å². The lowest BCUT2D eigenvalue weighted by molar-refractivity contribution is 1.19. The average Bonchev–Trinajstić information content (AvgIpc) is 3.08. The summed E-state index contributed by atoms with van der Waals surface area (Å²) in [5.41, 5.74) is 2.23. The first kappa shape index (κ1) is 14.1. The Morgan fingerprint density at radius 2 is 2.05 bits per heavy atom. The second kappa shape index (κ2) is 6.26. The molecule has 0 aliphatic heterocycles. The van der Waals surface area contributed by atoms with Gasteiger partial charge < -0.3 is 5.32 Å². The number of thiophene rings is 1. The van der Waals surface area contributed by atoms with Crippen LogP contribution in [0.5, 0.6) is 0 Å². The van der Waals surface area contributed by atoms with Crippen molar-refractivity contribution in [3.63, 3.8) is 0 Å². The summed E-state index contributed by atoms with van der Waals surface area (Å²) in [6, 6.07) is 10.4. The summed E-state index contributed by atoms with van der Waals surface area (Å²) in [5.74, 6) is 0. The number of nitrogens with zero attached hydrogens (tertiary/aromatic N) is 1. The maximum Gasteiger partial charge on any atom is 0.123 e. The van der Waals surface area contributed by atoms with E-state index >= 15 is 0 Å². The van der Waals surface area contributed by atoms with Crippen LogP contribution in [-0.2, 0) is 6.54 Å². The number of hydrogen-bond donors (Lipinski definition) is 1. The summed E-state index contributed by atoms with van der Waals surface area (Å²) in [5, 5.41) is 6.42. The SMILES string of the molecule is Clc1sc(CNc2ccc(-c3nccs3)cc2)cc1Br. The highest BCUT2D eigenvalue weighted by Gasteiger charge is 2.04. The fraction of sp³-hybridized carbons (Fsp3) is 0.0714. The zero-order valence-corrected chi connectivity index (χ0v) is 14.2. The summed E-state index contributed by atoms with van der Waals surface area (Å²) in [6.45, 7) is 0.770. The predicted molar refractivity (Wildman–Crippen MR) is 91.9 cm³/mol. The fourth-order valence-corrected chi connectivity index (χ4v) is 4.14. The molecule has 1 aromatic carbocycles. The minimum absolute atomic E-state index is 0.770. The summed E-state index contributed by atoms with van der Waals surface area (Å²) in [4.78, 5) is 5.50. The van der Waals surface area contributed by atoms with Gasteiger partial charge in [0.05, 0.1) is 0 Å². The van der Waals surface area contributed by atoms with Gasteiger partial charge >= 0.3 is 0 Å². The Bertz CT molecular complexity index is 673. The summed E-state index contributed by atoms with van der Waals surface area (Å²) >= 11 is 12.7. The minimum Gasteiger partial charge on any atom is -0.380 e. The highest BCUT2D eigenvalue weighted by molar-refractivity contribution is 9.10. The molecule has 0 fully saturated rings. The van der Waals surface area contributed by atoms with Gasteiger partial charge in [0.1, 0.15) is 9.34 Å². The van der Waals surface area contributed by atoms with Crippen molar-refractivity contribution in [2.24, 2.45) is 0 Å². The van der Waals surface area contributed by atoms with Crippen molar-refractivity contribution in [3.05, 3.63) is 55.6 Å². The Hall–Kier alpha value is -0.880. The molecular weight excluding hydrogens is 376 g/mol. The van der Waals surface area contributed by atoms with Crippen LogP contribution >= 0.6 is 50.2 Å². The largest absolute Gasteiger partial charge is 0.380 e. The van der Waals surface area contributed by atoms with Gasteiger partial charge in [-0.1, -0.05) is 11.6 Å². The molecule has 2 nitrogen and oxygen atoms in total. The van der Waals surface area contributed by atoms with Crippen LogP contribution in [0.25, 0.3) is 10.6 Å². The summed E-state index contributed by atoms with van der Waals surface area (Å²) < 4.78 is 1.75. The molecule has 6 heteroatoms. The van der Waals surface area contributed by atoms with E-state index in [1.54, 1.807) is 22.7 Å². The third kappa shape index (κ3) is 3.23. The smallest absolute Gasteiger partial charge is 0.123 e. The van der Waals surface area contributed by atoms with Crippen LogP contribution in [0, 0.1) is 0 Å². The van der Waals surface area contributed by atoms with Crippen molar-refractivity contribution in [3.8, 4) is 10.6 Å². The molecule has 1 N–H and O–H groups in total. The highest BCUT2D eigenvalue weighted by atomic mass is 79.9. The monoisotopic (exact) mass is 384 g/mol. The van der Waals surface area contributed by atoms with Crippen LogP contribution in [0.1, 0.15) is 4.88 Å². The Morgan fingerprint density at radius 3 is 2.65 bits per heavy atom. The van der Waals surface area contributed by atoms with Gasteiger partial charge in [0.25, 0.3) is 0 Å². The van der Waals surface area contributed by atoms with Gasteiger partial charge in [0.2, 0.25) is 0 Å². The Morgan fingerprint density at radius 1 is 1.25 bits per heavy atom. The quantitative estimate of drug-likeness (QED) is 0.605. The van der Waals surface area contributed by atoms with Crippen molar-refractivity contribution in [1.29, 1.82) is 0 Å². The average molecular weight is 386 g/mol. The molecule has 20 heavy (non-hydrogen) atoms. The lowest BCUT2D eigenvalue weighted by Gasteiger charge is -2.05. The molecule has 2 aromatic heterocycles. The fourth-order valence-electron chi connectivity index (χ4n) is 1.76. The zero-order valence-electron chi connectivity index (χ0n) is 10.3. The van der Waals surface area contributed by atoms with E-state index in [0.29, 0.717) is 0 Å². The number of benzene rings is 1. The number of thiazole rings is 1. The van der Waals surface area contributed by atoms with Gasteiger partial charge in [-0.2, -0.15) is 0 Å². The highest BCUT2D eigenvalue weighted by Crippen LogP contribution is 2.32. The minimum atomic E-state index is 0.770. The predicted octanol–water partition coefficient (Wildman–Crippen LogP) is 5.90. The molecule has 0 bridgehead atoms. The van der Waals surface area contributed by atoms with E-state index in [0.717, 1.165) is 31.6 Å².